The molecule has 1 atom stereocenters. The monoisotopic (exact) mass is 385 g/mol. The Morgan fingerprint density at radius 3 is 2.81 bits per heavy atom. The average molecular weight is 386 g/mol. The third-order valence-corrected chi connectivity index (χ3v) is 6.63. The van der Waals surface area contributed by atoms with Crippen LogP contribution in [-0.4, -0.2) is 60.1 Å². The van der Waals surface area contributed by atoms with Gasteiger partial charge in [-0.1, -0.05) is 24.3 Å². The first kappa shape index (κ1) is 18.6. The number of carbonyl (C=O) groups excluding carboxylic acids is 1. The second kappa shape index (κ2) is 8.10. The number of aliphatic hydroxyl groups is 1. The Balaban J connectivity index is 1.27. The van der Waals surface area contributed by atoms with Crippen molar-refractivity contribution in [3.05, 3.63) is 56.8 Å². The van der Waals surface area contributed by atoms with Gasteiger partial charge in [-0.3, -0.25) is 9.69 Å². The number of benzene rings is 1. The van der Waals surface area contributed by atoms with Crippen molar-refractivity contribution in [3.8, 4) is 0 Å². The zero-order valence-corrected chi connectivity index (χ0v) is 16.6. The lowest BCUT2D eigenvalue weighted by atomic mass is 10.00. The summed E-state index contributed by atoms with van der Waals surface area (Å²) in [4.78, 5) is 19.1. The summed E-state index contributed by atoms with van der Waals surface area (Å²) >= 11 is 1.58. The van der Waals surface area contributed by atoms with E-state index in [0.29, 0.717) is 13.1 Å². The topological polar surface area (TPSA) is 55.8 Å². The molecular weight excluding hydrogens is 358 g/mol. The van der Waals surface area contributed by atoms with Crippen LogP contribution in [0.2, 0.25) is 0 Å². The van der Waals surface area contributed by atoms with Crippen molar-refractivity contribution in [3.63, 3.8) is 0 Å². The van der Waals surface area contributed by atoms with E-state index in [0.717, 1.165) is 43.9 Å². The number of nitrogens with one attached hydrogen (secondary N) is 1. The van der Waals surface area contributed by atoms with Crippen LogP contribution in [0.25, 0.3) is 0 Å². The molecule has 0 saturated carbocycles. The number of hydrogen-bond donors (Lipinski definition) is 2. The minimum atomic E-state index is -0.556. The van der Waals surface area contributed by atoms with Gasteiger partial charge in [0.2, 0.25) is 0 Å². The van der Waals surface area contributed by atoms with Crippen molar-refractivity contribution in [2.75, 3.05) is 33.2 Å². The normalized spacial score (nSPS) is 18.6. The Labute approximate surface area is 164 Å². The molecule has 0 radical (unpaired) electrons. The maximum atomic E-state index is 12.5. The Bertz CT molecular complexity index is 820. The summed E-state index contributed by atoms with van der Waals surface area (Å²) in [7, 11) is 2.11. The lowest BCUT2D eigenvalue weighted by molar-refractivity contribution is 0.0845. The molecule has 2 N–H and O–H groups in total. The molecular formula is C21H27N3O2S. The van der Waals surface area contributed by atoms with Gasteiger partial charge < -0.3 is 15.3 Å². The van der Waals surface area contributed by atoms with Crippen LogP contribution >= 0.6 is 11.3 Å². The van der Waals surface area contributed by atoms with Crippen molar-refractivity contribution < 1.29 is 9.90 Å². The number of likely N-dealkylation sites (N-methyl/N-ethyl adjacent to an activating group) is 1. The lowest BCUT2D eigenvalue weighted by Gasteiger charge is -2.30. The van der Waals surface area contributed by atoms with Gasteiger partial charge in [-0.15, -0.1) is 11.3 Å². The first-order valence-electron chi connectivity index (χ1n) is 9.64. The number of nitrogens with zero attached hydrogens (tertiary/aromatic N) is 2. The van der Waals surface area contributed by atoms with Crippen LogP contribution in [0.3, 0.4) is 0 Å². The fourth-order valence-electron chi connectivity index (χ4n) is 3.93. The molecule has 6 heteroatoms. The number of fused-ring (bicyclic) bond motifs is 2. The van der Waals surface area contributed by atoms with E-state index in [2.05, 4.69) is 46.4 Å². The second-order valence-electron chi connectivity index (χ2n) is 7.66. The molecule has 2 aliphatic rings. The first-order chi connectivity index (χ1) is 13.1. The quantitative estimate of drug-likeness (QED) is 0.825. The van der Waals surface area contributed by atoms with Crippen molar-refractivity contribution in [2.24, 2.45) is 0 Å². The highest BCUT2D eigenvalue weighted by Gasteiger charge is 2.21. The molecule has 144 valence electrons. The zero-order valence-electron chi connectivity index (χ0n) is 15.8. The number of β-amino-alcohol motifs (C(OH)–C–C–N with tert-alkyl or cyclic N) is 1. The van der Waals surface area contributed by atoms with Crippen LogP contribution in [0, 0.1) is 0 Å². The van der Waals surface area contributed by atoms with Crippen molar-refractivity contribution in [1.29, 1.82) is 0 Å². The van der Waals surface area contributed by atoms with Crippen LogP contribution in [0.5, 0.6) is 0 Å². The van der Waals surface area contributed by atoms with Crippen molar-refractivity contribution in [1.82, 2.24) is 15.1 Å². The van der Waals surface area contributed by atoms with Crippen molar-refractivity contribution >= 4 is 17.2 Å². The Morgan fingerprint density at radius 1 is 1.19 bits per heavy atom. The van der Waals surface area contributed by atoms with Gasteiger partial charge in [0.25, 0.3) is 5.91 Å². The molecule has 2 aliphatic heterocycles. The van der Waals surface area contributed by atoms with Gasteiger partial charge in [0.15, 0.2) is 0 Å². The molecule has 2 aromatic rings. The third-order valence-electron chi connectivity index (χ3n) is 5.47. The van der Waals surface area contributed by atoms with E-state index in [1.54, 1.807) is 11.3 Å². The molecule has 0 aliphatic carbocycles. The standard InChI is InChI=1S/C21H27N3O2S/c1-23-8-6-16-10-19(27-20(16)14-23)21(26)22-11-18(25)13-24-9-7-15-4-2-3-5-17(15)12-24/h2-5,10,18,25H,6-9,11-14H2,1H3,(H,22,26). The Morgan fingerprint density at radius 2 is 1.96 bits per heavy atom. The number of thiophene rings is 1. The van der Waals surface area contributed by atoms with Crippen LogP contribution in [0.4, 0.5) is 0 Å². The van der Waals surface area contributed by atoms with Gasteiger partial charge in [0, 0.05) is 44.1 Å². The van der Waals surface area contributed by atoms with Crippen LogP contribution in [-0.2, 0) is 25.9 Å². The number of hydrogen-bond acceptors (Lipinski definition) is 5. The van der Waals surface area contributed by atoms with Gasteiger partial charge in [-0.25, -0.2) is 0 Å². The fourth-order valence-corrected chi connectivity index (χ4v) is 5.14. The summed E-state index contributed by atoms with van der Waals surface area (Å²) in [5.41, 5.74) is 4.05. The lowest BCUT2D eigenvalue weighted by Crippen LogP contribution is -2.41. The highest BCUT2D eigenvalue weighted by molar-refractivity contribution is 7.14. The molecule has 5 nitrogen and oxygen atoms in total. The molecule has 1 unspecified atom stereocenters. The SMILES string of the molecule is CN1CCc2cc(C(=O)NCC(O)CN3CCc4ccccc4C3)sc2C1. The van der Waals surface area contributed by atoms with E-state index in [1.165, 1.54) is 21.6 Å². The smallest absolute Gasteiger partial charge is 0.261 e. The predicted molar refractivity (Wildman–Crippen MR) is 108 cm³/mol. The minimum Gasteiger partial charge on any atom is -0.390 e. The number of aliphatic hydroxyl groups excluding tert-OH is 1. The molecule has 0 fully saturated rings. The Kier molecular flexibility index (Phi) is 5.59. The summed E-state index contributed by atoms with van der Waals surface area (Å²) in [5.74, 6) is -0.0694. The minimum absolute atomic E-state index is 0.0694. The maximum Gasteiger partial charge on any atom is 0.261 e. The maximum absolute atomic E-state index is 12.5. The number of carbonyl (C=O) groups is 1. The van der Waals surface area contributed by atoms with Crippen LogP contribution < -0.4 is 5.32 Å². The van der Waals surface area contributed by atoms with Gasteiger partial charge in [0.05, 0.1) is 11.0 Å². The van der Waals surface area contributed by atoms with Gasteiger partial charge in [-0.05, 0) is 42.6 Å². The highest BCUT2D eigenvalue weighted by Crippen LogP contribution is 2.27. The molecule has 0 spiro atoms. The Hall–Kier alpha value is -1.73. The molecule has 4 rings (SSSR count). The highest BCUT2D eigenvalue weighted by atomic mass is 32.1. The van der Waals surface area contributed by atoms with E-state index in [9.17, 15) is 9.90 Å². The largest absolute Gasteiger partial charge is 0.390 e. The molecule has 1 aromatic carbocycles. The molecule has 0 bridgehead atoms. The van der Waals surface area contributed by atoms with E-state index in [-0.39, 0.29) is 5.91 Å². The molecule has 1 aromatic heterocycles. The van der Waals surface area contributed by atoms with Gasteiger partial charge in [0.1, 0.15) is 0 Å². The molecule has 27 heavy (non-hydrogen) atoms. The predicted octanol–water partition coefficient (Wildman–Crippen LogP) is 1.88. The fraction of sp³-hybridized carbons (Fsp3) is 0.476. The molecule has 1 amide bonds. The van der Waals surface area contributed by atoms with Crippen molar-refractivity contribution in [2.45, 2.75) is 32.0 Å². The van der Waals surface area contributed by atoms with E-state index in [1.807, 2.05) is 6.07 Å². The number of rotatable bonds is 5. The third kappa shape index (κ3) is 4.41. The van der Waals surface area contributed by atoms with E-state index in [4.69, 9.17) is 0 Å². The van der Waals surface area contributed by atoms with Crippen LogP contribution in [0.1, 0.15) is 31.2 Å². The summed E-state index contributed by atoms with van der Waals surface area (Å²) in [6.07, 6.45) is 1.47. The van der Waals surface area contributed by atoms with Crippen LogP contribution in [0.15, 0.2) is 30.3 Å². The second-order valence-corrected chi connectivity index (χ2v) is 8.80. The van der Waals surface area contributed by atoms with Gasteiger partial charge >= 0.3 is 0 Å². The van der Waals surface area contributed by atoms with E-state index >= 15 is 0 Å². The first-order valence-corrected chi connectivity index (χ1v) is 10.5. The summed E-state index contributed by atoms with van der Waals surface area (Å²) < 4.78 is 0. The van der Waals surface area contributed by atoms with Gasteiger partial charge in [-0.2, -0.15) is 0 Å². The molecule has 0 saturated heterocycles. The summed E-state index contributed by atoms with van der Waals surface area (Å²) in [6.45, 7) is 4.66. The summed E-state index contributed by atoms with van der Waals surface area (Å²) in [6, 6.07) is 10.5. The number of amides is 1. The van der Waals surface area contributed by atoms with E-state index < -0.39 is 6.10 Å². The summed E-state index contributed by atoms with van der Waals surface area (Å²) in [5, 5.41) is 13.3. The molecule has 3 heterocycles. The average Bonchev–Trinajstić information content (AvgIpc) is 3.09. The zero-order chi connectivity index (χ0) is 18.8.